The Hall–Kier alpha value is -1.29. The van der Waals surface area contributed by atoms with Crippen LogP contribution in [0.15, 0.2) is 23.1 Å². The molecule has 0 bridgehead atoms. The molecule has 1 aliphatic rings. The first kappa shape index (κ1) is 14.1. The van der Waals surface area contributed by atoms with Gasteiger partial charge in [0.15, 0.2) is 5.78 Å². The number of thioether (sulfide) groups is 1. The molecule has 0 saturated carbocycles. The first-order valence-electron chi connectivity index (χ1n) is 6.41. The van der Waals surface area contributed by atoms with Gasteiger partial charge in [-0.1, -0.05) is 6.07 Å². The highest BCUT2D eigenvalue weighted by Gasteiger charge is 2.40. The van der Waals surface area contributed by atoms with Gasteiger partial charge in [-0.15, -0.1) is 11.8 Å². The summed E-state index contributed by atoms with van der Waals surface area (Å²) in [5.74, 6) is 0.120. The first-order chi connectivity index (χ1) is 8.74. The van der Waals surface area contributed by atoms with Crippen molar-refractivity contribution >= 4 is 29.1 Å². The van der Waals surface area contributed by atoms with Crippen LogP contribution in [0.5, 0.6) is 0 Å². The van der Waals surface area contributed by atoms with Crippen LogP contribution in [0.1, 0.15) is 45.0 Å². The Bertz CT molecular complexity index is 549. The molecule has 0 aromatic heterocycles. The van der Waals surface area contributed by atoms with Gasteiger partial charge in [-0.25, -0.2) is 0 Å². The number of ketones is 1. The predicted molar refractivity (Wildman–Crippen MR) is 79.0 cm³/mol. The fraction of sp³-hybridized carbons (Fsp3) is 0.467. The number of fused-ring (bicyclic) bond motifs is 1. The third-order valence-corrected chi connectivity index (χ3v) is 4.49. The normalized spacial score (nSPS) is 17.6. The average Bonchev–Trinajstić information content (AvgIpc) is 2.29. The number of benzene rings is 1. The lowest BCUT2D eigenvalue weighted by Gasteiger charge is -2.40. The molecule has 1 aromatic carbocycles. The molecular formula is C15H19NO2S. The Kier molecular flexibility index (Phi) is 3.47. The third-order valence-electron chi connectivity index (χ3n) is 3.24. The van der Waals surface area contributed by atoms with Crippen molar-refractivity contribution in [1.29, 1.82) is 0 Å². The van der Waals surface area contributed by atoms with E-state index >= 15 is 0 Å². The molecule has 0 unspecified atom stereocenters. The topological polar surface area (TPSA) is 37.4 Å². The van der Waals surface area contributed by atoms with E-state index < -0.39 is 4.75 Å². The number of hydrogen-bond acceptors (Lipinski definition) is 3. The number of carbonyl (C=O) groups excluding carboxylic acids is 2. The average molecular weight is 277 g/mol. The largest absolute Gasteiger partial charge is 0.308 e. The van der Waals surface area contributed by atoms with Crippen molar-refractivity contribution in [2.75, 3.05) is 4.90 Å². The van der Waals surface area contributed by atoms with E-state index in [0.717, 1.165) is 10.6 Å². The summed E-state index contributed by atoms with van der Waals surface area (Å²) in [6.07, 6.45) is 0. The smallest absolute Gasteiger partial charge is 0.243 e. The molecule has 4 heteroatoms. The van der Waals surface area contributed by atoms with Crippen LogP contribution in [0.4, 0.5) is 5.69 Å². The third kappa shape index (κ3) is 2.41. The maximum absolute atomic E-state index is 12.6. The Morgan fingerprint density at radius 1 is 1.32 bits per heavy atom. The molecule has 19 heavy (non-hydrogen) atoms. The second kappa shape index (κ2) is 4.67. The Balaban J connectivity index is 2.60. The van der Waals surface area contributed by atoms with Crippen molar-refractivity contribution in [3.05, 3.63) is 23.8 Å². The van der Waals surface area contributed by atoms with Crippen LogP contribution in [0.25, 0.3) is 0 Å². The van der Waals surface area contributed by atoms with E-state index in [0.29, 0.717) is 5.56 Å². The van der Waals surface area contributed by atoms with Gasteiger partial charge in [-0.2, -0.15) is 0 Å². The predicted octanol–water partition coefficient (Wildman–Crippen LogP) is 3.51. The second-order valence-electron chi connectivity index (χ2n) is 5.62. The van der Waals surface area contributed by atoms with E-state index in [4.69, 9.17) is 0 Å². The monoisotopic (exact) mass is 277 g/mol. The molecule has 0 fully saturated rings. The summed E-state index contributed by atoms with van der Waals surface area (Å²) in [5.41, 5.74) is 1.51. The maximum Gasteiger partial charge on any atom is 0.243 e. The van der Waals surface area contributed by atoms with E-state index in [1.54, 1.807) is 23.6 Å². The fourth-order valence-corrected chi connectivity index (χ4v) is 3.38. The zero-order chi connectivity index (χ0) is 14.4. The summed E-state index contributed by atoms with van der Waals surface area (Å²) in [7, 11) is 0. The molecular weight excluding hydrogens is 258 g/mol. The molecule has 0 aliphatic carbocycles. The van der Waals surface area contributed by atoms with E-state index in [1.807, 2.05) is 45.9 Å². The SMILES string of the molecule is CC(=O)c1ccc2c(c1)N(C(C)C)C(=O)C(C)(C)S2. The summed E-state index contributed by atoms with van der Waals surface area (Å²) in [6.45, 7) is 9.42. The van der Waals surface area contributed by atoms with Crippen LogP contribution < -0.4 is 4.90 Å². The van der Waals surface area contributed by atoms with Crippen LogP contribution >= 0.6 is 11.8 Å². The minimum absolute atomic E-state index is 0.0220. The zero-order valence-corrected chi connectivity index (χ0v) is 12.8. The highest BCUT2D eigenvalue weighted by Crippen LogP contribution is 2.46. The van der Waals surface area contributed by atoms with Gasteiger partial charge in [-0.05, 0) is 46.8 Å². The van der Waals surface area contributed by atoms with Crippen molar-refractivity contribution in [3.8, 4) is 0 Å². The van der Waals surface area contributed by atoms with Crippen molar-refractivity contribution in [3.63, 3.8) is 0 Å². The quantitative estimate of drug-likeness (QED) is 0.776. The van der Waals surface area contributed by atoms with Gasteiger partial charge in [0.2, 0.25) is 5.91 Å². The molecule has 0 N–H and O–H groups in total. The molecule has 0 saturated heterocycles. The molecule has 102 valence electrons. The van der Waals surface area contributed by atoms with Crippen molar-refractivity contribution in [1.82, 2.24) is 0 Å². The van der Waals surface area contributed by atoms with E-state index in [2.05, 4.69) is 0 Å². The van der Waals surface area contributed by atoms with E-state index in [1.165, 1.54) is 0 Å². The standard InChI is InChI=1S/C15H19NO2S/c1-9(2)16-12-8-11(10(3)17)6-7-13(12)19-15(4,5)14(16)18/h6-9H,1-5H3. The van der Waals surface area contributed by atoms with Crippen LogP contribution in [0, 0.1) is 0 Å². The Morgan fingerprint density at radius 2 is 1.95 bits per heavy atom. The number of Topliss-reactive ketones (excluding diaryl/α,β-unsaturated/α-hetero) is 1. The molecule has 0 atom stereocenters. The number of anilines is 1. The number of carbonyl (C=O) groups is 2. The number of nitrogens with zero attached hydrogens (tertiary/aromatic N) is 1. The van der Waals surface area contributed by atoms with Gasteiger partial charge in [0, 0.05) is 16.5 Å². The lowest BCUT2D eigenvalue weighted by molar-refractivity contribution is -0.120. The van der Waals surface area contributed by atoms with Crippen molar-refractivity contribution in [2.45, 2.75) is 50.3 Å². The lowest BCUT2D eigenvalue weighted by Crippen LogP contribution is -2.49. The number of amides is 1. The van der Waals surface area contributed by atoms with Crippen LogP contribution in [0.3, 0.4) is 0 Å². The molecule has 0 radical (unpaired) electrons. The van der Waals surface area contributed by atoms with Gasteiger partial charge >= 0.3 is 0 Å². The molecule has 1 aliphatic heterocycles. The summed E-state index contributed by atoms with van der Waals surface area (Å²) in [6, 6.07) is 5.69. The van der Waals surface area contributed by atoms with Gasteiger partial charge in [0.25, 0.3) is 0 Å². The summed E-state index contributed by atoms with van der Waals surface area (Å²) in [5, 5.41) is 0. The zero-order valence-electron chi connectivity index (χ0n) is 12.0. The molecule has 3 nitrogen and oxygen atoms in total. The lowest BCUT2D eigenvalue weighted by atomic mass is 10.1. The fourth-order valence-electron chi connectivity index (χ4n) is 2.24. The van der Waals surface area contributed by atoms with Crippen molar-refractivity contribution in [2.24, 2.45) is 0 Å². The Labute approximate surface area is 118 Å². The first-order valence-corrected chi connectivity index (χ1v) is 7.23. The summed E-state index contributed by atoms with van der Waals surface area (Å²) in [4.78, 5) is 26.9. The van der Waals surface area contributed by atoms with E-state index in [-0.39, 0.29) is 17.7 Å². The molecule has 1 heterocycles. The summed E-state index contributed by atoms with van der Waals surface area (Å²) >= 11 is 1.56. The second-order valence-corrected chi connectivity index (χ2v) is 7.28. The molecule has 2 rings (SSSR count). The highest BCUT2D eigenvalue weighted by atomic mass is 32.2. The van der Waals surface area contributed by atoms with Crippen molar-refractivity contribution < 1.29 is 9.59 Å². The minimum Gasteiger partial charge on any atom is -0.308 e. The Morgan fingerprint density at radius 3 is 2.47 bits per heavy atom. The van der Waals surface area contributed by atoms with Crippen LogP contribution in [0.2, 0.25) is 0 Å². The van der Waals surface area contributed by atoms with Gasteiger partial charge in [-0.3, -0.25) is 9.59 Å². The van der Waals surface area contributed by atoms with Gasteiger partial charge < -0.3 is 4.90 Å². The molecule has 1 amide bonds. The van der Waals surface area contributed by atoms with E-state index in [9.17, 15) is 9.59 Å². The maximum atomic E-state index is 12.6. The number of rotatable bonds is 2. The highest BCUT2D eigenvalue weighted by molar-refractivity contribution is 8.01. The number of hydrogen-bond donors (Lipinski definition) is 0. The van der Waals surface area contributed by atoms with Crippen LogP contribution in [-0.2, 0) is 4.79 Å². The van der Waals surface area contributed by atoms with Crippen LogP contribution in [-0.4, -0.2) is 22.5 Å². The minimum atomic E-state index is -0.463. The van der Waals surface area contributed by atoms with Gasteiger partial charge in [0.05, 0.1) is 10.4 Å². The molecule has 0 spiro atoms. The van der Waals surface area contributed by atoms with Gasteiger partial charge in [0.1, 0.15) is 0 Å². The summed E-state index contributed by atoms with van der Waals surface area (Å²) < 4.78 is -0.463. The molecule has 1 aromatic rings.